The third-order valence-corrected chi connectivity index (χ3v) is 8.27. The summed E-state index contributed by atoms with van der Waals surface area (Å²) in [5.41, 5.74) is -0.0291. The van der Waals surface area contributed by atoms with Crippen LogP contribution in [0.5, 0.6) is 0 Å². The molecule has 0 saturated carbocycles. The summed E-state index contributed by atoms with van der Waals surface area (Å²) in [4.78, 5) is 32.4. The zero-order chi connectivity index (χ0) is 28.5. The van der Waals surface area contributed by atoms with Crippen molar-refractivity contribution >= 4 is 35.0 Å². The highest BCUT2D eigenvalue weighted by molar-refractivity contribution is 6.42. The van der Waals surface area contributed by atoms with E-state index in [1.807, 2.05) is 15.9 Å². The van der Waals surface area contributed by atoms with Crippen LogP contribution in [0.4, 0.5) is 17.6 Å². The summed E-state index contributed by atoms with van der Waals surface area (Å²) in [7, 11) is 1.81. The Bertz CT molecular complexity index is 1220. The number of carbonyl (C=O) groups excluding carboxylic acids is 2. The molecule has 0 bridgehead atoms. The Morgan fingerprint density at radius 3 is 2.26 bits per heavy atom. The quantitative estimate of drug-likeness (QED) is 0.457. The zero-order valence-electron chi connectivity index (χ0n) is 21.6. The topological polar surface area (TPSA) is 47.1 Å². The maximum atomic E-state index is 14.2. The van der Waals surface area contributed by atoms with Gasteiger partial charge in [0, 0.05) is 64.7 Å². The molecule has 0 radical (unpaired) electrons. The monoisotopic (exact) mass is 588 g/mol. The molecule has 2 unspecified atom stereocenters. The second kappa shape index (κ2) is 12.0. The molecule has 39 heavy (non-hydrogen) atoms. The zero-order valence-corrected chi connectivity index (χ0v) is 23.2. The van der Waals surface area contributed by atoms with Crippen molar-refractivity contribution in [2.24, 2.45) is 0 Å². The molecule has 2 aromatic rings. The number of piperazine rings is 1. The predicted octanol–water partition coefficient (Wildman–Crippen LogP) is 4.74. The van der Waals surface area contributed by atoms with E-state index in [1.54, 1.807) is 29.0 Å². The van der Waals surface area contributed by atoms with Crippen LogP contribution in [-0.4, -0.2) is 90.3 Å². The van der Waals surface area contributed by atoms with Gasteiger partial charge in [-0.1, -0.05) is 35.3 Å². The van der Waals surface area contributed by atoms with E-state index in [1.165, 1.54) is 13.0 Å². The smallest absolute Gasteiger partial charge is 0.340 e. The molecule has 2 aromatic carbocycles. The molecular formula is C27H30Cl2F4N4O2. The number of nitrogens with zero attached hydrogens (tertiary/aromatic N) is 4. The Morgan fingerprint density at radius 2 is 1.67 bits per heavy atom. The van der Waals surface area contributed by atoms with Crippen LogP contribution in [0.15, 0.2) is 36.4 Å². The van der Waals surface area contributed by atoms with Crippen LogP contribution in [0.3, 0.4) is 0 Å². The number of amides is 2. The van der Waals surface area contributed by atoms with Crippen LogP contribution in [-0.2, 0) is 22.3 Å². The summed E-state index contributed by atoms with van der Waals surface area (Å²) in [5.74, 6) is -1.50. The lowest BCUT2D eigenvalue weighted by Gasteiger charge is -2.34. The molecule has 2 fully saturated rings. The summed E-state index contributed by atoms with van der Waals surface area (Å²) >= 11 is 12.4. The van der Waals surface area contributed by atoms with E-state index in [9.17, 15) is 27.2 Å². The predicted molar refractivity (Wildman–Crippen MR) is 141 cm³/mol. The standard InChI is InChI=1S/C27H30Cl2F4N4O2/c1-17(38)36-9-7-35(8-10-36)16-26(39)37-14-20(19-4-6-22(28)23(29)12-19)25(15-37)34(2)13-18-3-5-21(24(30)11-18)27(31,32)33/h3-6,11-12,20,25H,7-10,13-16H2,1-2H3. The average molecular weight is 589 g/mol. The van der Waals surface area contributed by atoms with Gasteiger partial charge in [-0.15, -0.1) is 0 Å². The Balaban J connectivity index is 1.50. The molecule has 0 aliphatic carbocycles. The molecule has 2 amide bonds. The molecule has 2 aliphatic rings. The Labute approximate surface area is 235 Å². The lowest BCUT2D eigenvalue weighted by molar-refractivity contribution is -0.140. The number of likely N-dealkylation sites (tertiary alicyclic amines) is 1. The third-order valence-electron chi connectivity index (χ3n) is 7.53. The van der Waals surface area contributed by atoms with Crippen molar-refractivity contribution in [2.45, 2.75) is 31.6 Å². The molecule has 2 heterocycles. The van der Waals surface area contributed by atoms with Crippen LogP contribution < -0.4 is 0 Å². The van der Waals surface area contributed by atoms with Crippen molar-refractivity contribution in [1.29, 1.82) is 0 Å². The number of alkyl halides is 3. The first kappa shape index (κ1) is 29.6. The number of likely N-dealkylation sites (N-methyl/N-ethyl adjacent to an activating group) is 1. The second-order valence-corrected chi connectivity index (χ2v) is 11.0. The van der Waals surface area contributed by atoms with E-state index in [0.717, 1.165) is 17.7 Å². The summed E-state index contributed by atoms with van der Waals surface area (Å²) in [6, 6.07) is 8.05. The first-order valence-corrected chi connectivity index (χ1v) is 13.4. The molecule has 4 rings (SSSR count). The van der Waals surface area contributed by atoms with Crippen molar-refractivity contribution < 1.29 is 27.2 Å². The molecule has 2 aliphatic heterocycles. The highest BCUT2D eigenvalue weighted by Gasteiger charge is 2.39. The van der Waals surface area contributed by atoms with Crippen LogP contribution in [0.25, 0.3) is 0 Å². The first-order chi connectivity index (χ1) is 18.3. The van der Waals surface area contributed by atoms with Crippen LogP contribution >= 0.6 is 23.2 Å². The minimum atomic E-state index is -4.77. The lowest BCUT2D eigenvalue weighted by atomic mass is 9.93. The number of rotatable bonds is 6. The van der Waals surface area contributed by atoms with E-state index in [2.05, 4.69) is 0 Å². The van der Waals surface area contributed by atoms with E-state index in [-0.39, 0.29) is 36.9 Å². The normalized spacial score (nSPS) is 20.6. The van der Waals surface area contributed by atoms with E-state index in [0.29, 0.717) is 54.9 Å². The molecule has 0 spiro atoms. The highest BCUT2D eigenvalue weighted by atomic mass is 35.5. The van der Waals surface area contributed by atoms with Gasteiger partial charge in [0.15, 0.2) is 0 Å². The van der Waals surface area contributed by atoms with Crippen molar-refractivity contribution in [2.75, 3.05) is 52.9 Å². The third kappa shape index (κ3) is 7.03. The number of hydrogen-bond acceptors (Lipinski definition) is 4. The fourth-order valence-corrected chi connectivity index (χ4v) is 5.62. The fraction of sp³-hybridized carbons (Fsp3) is 0.481. The summed E-state index contributed by atoms with van der Waals surface area (Å²) in [5, 5.41) is 0.787. The summed E-state index contributed by atoms with van der Waals surface area (Å²) in [6.07, 6.45) is -4.77. The van der Waals surface area contributed by atoms with Gasteiger partial charge in [0.05, 0.1) is 22.2 Å². The van der Waals surface area contributed by atoms with Gasteiger partial charge >= 0.3 is 6.18 Å². The van der Waals surface area contributed by atoms with Gasteiger partial charge in [0.2, 0.25) is 11.8 Å². The molecule has 0 aromatic heterocycles. The molecule has 12 heteroatoms. The maximum Gasteiger partial charge on any atom is 0.419 e. The summed E-state index contributed by atoms with van der Waals surface area (Å²) < 4.78 is 53.2. The van der Waals surface area contributed by atoms with Gasteiger partial charge in [0.25, 0.3) is 0 Å². The van der Waals surface area contributed by atoms with Gasteiger partial charge in [0.1, 0.15) is 5.82 Å². The van der Waals surface area contributed by atoms with E-state index >= 15 is 0 Å². The van der Waals surface area contributed by atoms with Crippen molar-refractivity contribution in [3.8, 4) is 0 Å². The number of benzene rings is 2. The largest absolute Gasteiger partial charge is 0.419 e. The van der Waals surface area contributed by atoms with Crippen molar-refractivity contribution in [3.05, 3.63) is 69.0 Å². The number of carbonyl (C=O) groups is 2. The molecular weight excluding hydrogens is 559 g/mol. The molecule has 2 saturated heterocycles. The van der Waals surface area contributed by atoms with Crippen LogP contribution in [0, 0.1) is 5.82 Å². The Morgan fingerprint density at radius 1 is 0.974 bits per heavy atom. The second-order valence-electron chi connectivity index (χ2n) is 10.2. The van der Waals surface area contributed by atoms with Crippen LogP contribution in [0.1, 0.15) is 29.5 Å². The average Bonchev–Trinajstić information content (AvgIpc) is 3.31. The molecule has 2 atom stereocenters. The Kier molecular flexibility index (Phi) is 9.10. The SMILES string of the molecule is CC(=O)N1CCN(CC(=O)N2CC(c3ccc(Cl)c(Cl)c3)C(N(C)Cc3ccc(C(F)(F)F)c(F)c3)C2)CC1. The lowest BCUT2D eigenvalue weighted by Crippen LogP contribution is -2.51. The fourth-order valence-electron chi connectivity index (χ4n) is 5.31. The number of halogens is 6. The molecule has 0 N–H and O–H groups in total. The van der Waals surface area contributed by atoms with Crippen LogP contribution in [0.2, 0.25) is 10.0 Å². The first-order valence-electron chi connectivity index (χ1n) is 12.6. The van der Waals surface area contributed by atoms with E-state index < -0.39 is 17.6 Å². The molecule has 6 nitrogen and oxygen atoms in total. The van der Waals surface area contributed by atoms with Gasteiger partial charge in [-0.05, 0) is 42.4 Å². The van der Waals surface area contributed by atoms with Crippen molar-refractivity contribution in [3.63, 3.8) is 0 Å². The van der Waals surface area contributed by atoms with E-state index in [4.69, 9.17) is 23.2 Å². The van der Waals surface area contributed by atoms with Gasteiger partial charge < -0.3 is 9.80 Å². The van der Waals surface area contributed by atoms with Crippen molar-refractivity contribution in [1.82, 2.24) is 19.6 Å². The minimum Gasteiger partial charge on any atom is -0.340 e. The van der Waals surface area contributed by atoms with Gasteiger partial charge in [-0.2, -0.15) is 13.2 Å². The molecule has 212 valence electrons. The minimum absolute atomic E-state index is 0.0174. The van der Waals surface area contributed by atoms with Gasteiger partial charge in [-0.25, -0.2) is 4.39 Å². The Hall–Kier alpha value is -2.40. The maximum absolute atomic E-state index is 14.2. The highest BCUT2D eigenvalue weighted by Crippen LogP contribution is 2.36. The number of hydrogen-bond donors (Lipinski definition) is 0. The van der Waals surface area contributed by atoms with Gasteiger partial charge in [-0.3, -0.25) is 19.4 Å². The summed E-state index contributed by atoms with van der Waals surface area (Å²) in [6.45, 7) is 5.11.